The average molecular weight is 331 g/mol. The predicted molar refractivity (Wildman–Crippen MR) is 78.1 cm³/mol. The van der Waals surface area contributed by atoms with Crippen LogP contribution >= 0.6 is 27.5 Å². The molecule has 0 spiro atoms. The van der Waals surface area contributed by atoms with Crippen LogP contribution in [0.1, 0.15) is 43.0 Å². The Morgan fingerprint density at radius 1 is 1.50 bits per heavy atom. The maximum atomic E-state index is 12.6. The fourth-order valence-electron chi connectivity index (χ4n) is 2.52. The molecule has 0 saturated carbocycles. The van der Waals surface area contributed by atoms with E-state index in [4.69, 9.17) is 11.6 Å². The van der Waals surface area contributed by atoms with E-state index in [0.29, 0.717) is 16.6 Å². The molecule has 0 aliphatic carbocycles. The number of halogens is 2. The third-order valence-electron chi connectivity index (χ3n) is 3.54. The lowest BCUT2D eigenvalue weighted by Crippen LogP contribution is -2.43. The number of carbonyl (C=O) groups excluding carboxylic acids is 1. The highest BCUT2D eigenvalue weighted by molar-refractivity contribution is 9.10. The molecule has 1 aliphatic heterocycles. The van der Waals surface area contributed by atoms with Crippen LogP contribution in [0, 0.1) is 0 Å². The molecule has 0 radical (unpaired) electrons. The van der Waals surface area contributed by atoms with Gasteiger partial charge in [-0.05, 0) is 53.7 Å². The molecule has 98 valence electrons. The lowest BCUT2D eigenvalue weighted by molar-refractivity contribution is 0.0608. The summed E-state index contributed by atoms with van der Waals surface area (Å²) >= 11 is 9.57. The highest BCUT2D eigenvalue weighted by Gasteiger charge is 2.27. The number of benzene rings is 1. The van der Waals surface area contributed by atoms with Gasteiger partial charge in [0.1, 0.15) is 0 Å². The van der Waals surface area contributed by atoms with Crippen LogP contribution < -0.4 is 0 Å². The SMILES string of the molecule is CCC1CCCCN1C(=O)c1cccc(Br)c1Cl. The molecule has 4 heteroatoms. The molecule has 0 N–H and O–H groups in total. The van der Waals surface area contributed by atoms with Gasteiger partial charge in [0.05, 0.1) is 10.6 Å². The van der Waals surface area contributed by atoms with Crippen LogP contribution in [0.3, 0.4) is 0 Å². The molecule has 1 aromatic carbocycles. The summed E-state index contributed by atoms with van der Waals surface area (Å²) in [5.74, 6) is 0.0628. The monoisotopic (exact) mass is 329 g/mol. The summed E-state index contributed by atoms with van der Waals surface area (Å²) in [5, 5.41) is 0.517. The van der Waals surface area contributed by atoms with E-state index in [1.165, 1.54) is 6.42 Å². The molecule has 1 amide bonds. The minimum atomic E-state index is 0.0628. The van der Waals surface area contributed by atoms with Gasteiger partial charge in [0.15, 0.2) is 0 Å². The average Bonchev–Trinajstić information content (AvgIpc) is 2.41. The molecular weight excluding hydrogens is 314 g/mol. The molecule has 0 aromatic heterocycles. The van der Waals surface area contributed by atoms with Crippen molar-refractivity contribution in [3.8, 4) is 0 Å². The van der Waals surface area contributed by atoms with Gasteiger partial charge in [-0.3, -0.25) is 4.79 Å². The van der Waals surface area contributed by atoms with E-state index in [2.05, 4.69) is 22.9 Å². The van der Waals surface area contributed by atoms with E-state index in [0.717, 1.165) is 30.3 Å². The third-order valence-corrected chi connectivity index (χ3v) is 4.84. The van der Waals surface area contributed by atoms with E-state index < -0.39 is 0 Å². The minimum Gasteiger partial charge on any atom is -0.336 e. The van der Waals surface area contributed by atoms with Gasteiger partial charge >= 0.3 is 0 Å². The van der Waals surface area contributed by atoms with Gasteiger partial charge in [-0.2, -0.15) is 0 Å². The van der Waals surface area contributed by atoms with E-state index in [1.54, 1.807) is 6.07 Å². The first-order chi connectivity index (χ1) is 8.65. The number of hydrogen-bond acceptors (Lipinski definition) is 1. The van der Waals surface area contributed by atoms with E-state index in [-0.39, 0.29) is 5.91 Å². The van der Waals surface area contributed by atoms with Gasteiger partial charge in [0.2, 0.25) is 0 Å². The fraction of sp³-hybridized carbons (Fsp3) is 0.500. The van der Waals surface area contributed by atoms with Gasteiger partial charge in [0.25, 0.3) is 5.91 Å². The summed E-state index contributed by atoms with van der Waals surface area (Å²) in [7, 11) is 0. The predicted octanol–water partition coefficient (Wildman–Crippen LogP) is 4.51. The van der Waals surface area contributed by atoms with Crippen molar-refractivity contribution >= 4 is 33.4 Å². The van der Waals surface area contributed by atoms with Crippen molar-refractivity contribution in [2.75, 3.05) is 6.54 Å². The molecular formula is C14H17BrClNO. The Morgan fingerprint density at radius 3 is 3.00 bits per heavy atom. The first-order valence-electron chi connectivity index (χ1n) is 6.40. The smallest absolute Gasteiger partial charge is 0.255 e. The quantitative estimate of drug-likeness (QED) is 0.781. The lowest BCUT2D eigenvalue weighted by atomic mass is 9.99. The summed E-state index contributed by atoms with van der Waals surface area (Å²) in [6, 6.07) is 5.87. The van der Waals surface area contributed by atoms with Gasteiger partial charge in [0, 0.05) is 17.1 Å². The van der Waals surface area contributed by atoms with E-state index in [1.807, 2.05) is 17.0 Å². The number of likely N-dealkylation sites (tertiary alicyclic amines) is 1. The number of carbonyl (C=O) groups is 1. The maximum Gasteiger partial charge on any atom is 0.255 e. The Morgan fingerprint density at radius 2 is 2.28 bits per heavy atom. The van der Waals surface area contributed by atoms with Gasteiger partial charge in [-0.25, -0.2) is 0 Å². The standard InChI is InChI=1S/C14H17BrClNO/c1-2-10-6-3-4-9-17(10)14(18)11-7-5-8-12(15)13(11)16/h5,7-8,10H,2-4,6,9H2,1H3. The van der Waals surface area contributed by atoms with Crippen LogP contribution in [0.4, 0.5) is 0 Å². The molecule has 1 aliphatic rings. The van der Waals surface area contributed by atoms with E-state index in [9.17, 15) is 4.79 Å². The highest BCUT2D eigenvalue weighted by Crippen LogP contribution is 2.29. The zero-order valence-electron chi connectivity index (χ0n) is 10.5. The Balaban J connectivity index is 2.27. The topological polar surface area (TPSA) is 20.3 Å². The minimum absolute atomic E-state index is 0.0628. The number of hydrogen-bond donors (Lipinski definition) is 0. The van der Waals surface area contributed by atoms with E-state index >= 15 is 0 Å². The zero-order valence-corrected chi connectivity index (χ0v) is 12.8. The number of piperidine rings is 1. The van der Waals surface area contributed by atoms with Crippen LogP contribution in [0.5, 0.6) is 0 Å². The summed E-state index contributed by atoms with van der Waals surface area (Å²) in [4.78, 5) is 14.5. The van der Waals surface area contributed by atoms with Crippen molar-refractivity contribution in [1.29, 1.82) is 0 Å². The van der Waals surface area contributed by atoms with Crippen molar-refractivity contribution in [2.24, 2.45) is 0 Å². The third kappa shape index (κ3) is 2.72. The summed E-state index contributed by atoms with van der Waals surface area (Å²) in [6.45, 7) is 2.99. The Kier molecular flexibility index (Phi) is 4.68. The summed E-state index contributed by atoms with van der Waals surface area (Å²) in [6.07, 6.45) is 4.42. The molecule has 1 saturated heterocycles. The van der Waals surface area contributed by atoms with Crippen molar-refractivity contribution in [3.05, 3.63) is 33.3 Å². The van der Waals surface area contributed by atoms with Gasteiger partial charge < -0.3 is 4.90 Å². The largest absolute Gasteiger partial charge is 0.336 e. The van der Waals surface area contributed by atoms with Crippen LogP contribution in [-0.2, 0) is 0 Å². The molecule has 1 fully saturated rings. The second kappa shape index (κ2) is 6.07. The Hall–Kier alpha value is -0.540. The molecule has 1 atom stereocenters. The number of amides is 1. The van der Waals surface area contributed by atoms with Crippen molar-refractivity contribution in [1.82, 2.24) is 4.90 Å². The lowest BCUT2D eigenvalue weighted by Gasteiger charge is -2.35. The first kappa shape index (κ1) is 13.9. The van der Waals surface area contributed by atoms with Crippen LogP contribution in [0.25, 0.3) is 0 Å². The van der Waals surface area contributed by atoms with Crippen molar-refractivity contribution in [2.45, 2.75) is 38.6 Å². The summed E-state index contributed by atoms with van der Waals surface area (Å²) in [5.41, 5.74) is 0.603. The van der Waals surface area contributed by atoms with Crippen LogP contribution in [0.15, 0.2) is 22.7 Å². The van der Waals surface area contributed by atoms with Gasteiger partial charge in [-0.15, -0.1) is 0 Å². The molecule has 1 unspecified atom stereocenters. The maximum absolute atomic E-state index is 12.6. The Bertz CT molecular complexity index is 449. The zero-order chi connectivity index (χ0) is 13.1. The molecule has 18 heavy (non-hydrogen) atoms. The molecule has 2 nitrogen and oxygen atoms in total. The second-order valence-corrected chi connectivity index (χ2v) is 5.89. The molecule has 1 heterocycles. The van der Waals surface area contributed by atoms with Crippen molar-refractivity contribution < 1.29 is 4.79 Å². The number of rotatable bonds is 2. The van der Waals surface area contributed by atoms with Crippen LogP contribution in [-0.4, -0.2) is 23.4 Å². The first-order valence-corrected chi connectivity index (χ1v) is 7.57. The normalized spacial score (nSPS) is 19.9. The highest BCUT2D eigenvalue weighted by atomic mass is 79.9. The molecule has 0 bridgehead atoms. The fourth-order valence-corrected chi connectivity index (χ4v) is 3.09. The van der Waals surface area contributed by atoms with Gasteiger partial charge in [-0.1, -0.05) is 24.6 Å². The molecule has 1 aromatic rings. The second-order valence-electron chi connectivity index (χ2n) is 4.66. The molecule has 2 rings (SSSR count). The van der Waals surface area contributed by atoms with Crippen molar-refractivity contribution in [3.63, 3.8) is 0 Å². The van der Waals surface area contributed by atoms with Crippen LogP contribution in [0.2, 0.25) is 5.02 Å². The Labute approximate surface area is 121 Å². The summed E-state index contributed by atoms with van der Waals surface area (Å²) < 4.78 is 0.778. The number of nitrogens with zero attached hydrogens (tertiary/aromatic N) is 1.